The molecule has 1 aliphatic carbocycles. The van der Waals surface area contributed by atoms with Crippen molar-refractivity contribution in [1.82, 2.24) is 9.55 Å². The molecule has 0 amide bonds. The first-order valence-electron chi connectivity index (χ1n) is 11.8. The molecule has 3 N–H and O–H groups in total. The van der Waals surface area contributed by atoms with Gasteiger partial charge >= 0.3 is 5.97 Å². The predicted molar refractivity (Wildman–Crippen MR) is 125 cm³/mol. The number of aryl methyl sites for hydroxylation is 1. The molecule has 1 aliphatic heterocycles. The zero-order valence-electron chi connectivity index (χ0n) is 18.5. The van der Waals surface area contributed by atoms with Gasteiger partial charge in [-0.2, -0.15) is 0 Å². The van der Waals surface area contributed by atoms with Gasteiger partial charge in [-0.25, -0.2) is 4.98 Å². The average Bonchev–Trinajstić information content (AvgIpc) is 3.16. The van der Waals surface area contributed by atoms with E-state index in [1.807, 2.05) is 30.3 Å². The number of aliphatic hydroxyl groups excluding tert-OH is 1. The molecule has 1 saturated carbocycles. The normalized spacial score (nSPS) is 24.0. The van der Waals surface area contributed by atoms with Crippen LogP contribution in [0.4, 0.5) is 5.69 Å². The van der Waals surface area contributed by atoms with Crippen LogP contribution in [0.2, 0.25) is 0 Å². The second kappa shape index (κ2) is 8.58. The SMILES string of the molecule is C[C@H]1CCc2c(ccc3c2nc(CC(C(=O)O)c2ccccc2)n3[C@@H]2CCC[C@@H](O)C2)N1. The number of imidazole rings is 1. The van der Waals surface area contributed by atoms with Gasteiger partial charge in [0.15, 0.2) is 0 Å². The highest BCUT2D eigenvalue weighted by Gasteiger charge is 2.30. The summed E-state index contributed by atoms with van der Waals surface area (Å²) in [5.74, 6) is -0.687. The number of hydrogen-bond donors (Lipinski definition) is 3. The Labute approximate surface area is 188 Å². The minimum Gasteiger partial charge on any atom is -0.481 e. The lowest BCUT2D eigenvalue weighted by molar-refractivity contribution is -0.138. The van der Waals surface area contributed by atoms with Crippen molar-refractivity contribution < 1.29 is 15.0 Å². The maximum atomic E-state index is 12.2. The van der Waals surface area contributed by atoms with E-state index in [4.69, 9.17) is 4.98 Å². The molecule has 5 rings (SSSR count). The maximum Gasteiger partial charge on any atom is 0.311 e. The Bertz CT molecular complexity index is 1120. The molecule has 1 aromatic heterocycles. The first-order chi connectivity index (χ1) is 15.5. The monoisotopic (exact) mass is 433 g/mol. The number of aliphatic hydroxyl groups is 1. The largest absolute Gasteiger partial charge is 0.481 e. The van der Waals surface area contributed by atoms with E-state index in [0.717, 1.165) is 60.2 Å². The van der Waals surface area contributed by atoms with Crippen molar-refractivity contribution in [2.75, 3.05) is 5.32 Å². The summed E-state index contributed by atoms with van der Waals surface area (Å²) in [6.07, 6.45) is 5.50. The van der Waals surface area contributed by atoms with Gasteiger partial charge in [0, 0.05) is 29.8 Å². The lowest BCUT2D eigenvalue weighted by atomic mass is 9.91. The number of aliphatic carboxylic acids is 1. The molecule has 0 spiro atoms. The van der Waals surface area contributed by atoms with Crippen LogP contribution in [-0.2, 0) is 17.6 Å². The van der Waals surface area contributed by atoms with E-state index in [2.05, 4.69) is 28.9 Å². The summed E-state index contributed by atoms with van der Waals surface area (Å²) in [7, 11) is 0. The molecule has 0 saturated heterocycles. The Morgan fingerprint density at radius 1 is 1.19 bits per heavy atom. The number of nitrogens with zero attached hydrogens (tertiary/aromatic N) is 2. The molecular formula is C26H31N3O3. The molecule has 168 valence electrons. The molecule has 6 heteroatoms. The summed E-state index contributed by atoms with van der Waals surface area (Å²) in [6.45, 7) is 2.19. The van der Waals surface area contributed by atoms with Gasteiger partial charge in [-0.05, 0) is 63.1 Å². The van der Waals surface area contributed by atoms with E-state index in [-0.39, 0.29) is 12.1 Å². The number of rotatable bonds is 5. The van der Waals surface area contributed by atoms with E-state index >= 15 is 0 Å². The number of fused-ring (bicyclic) bond motifs is 3. The molecule has 0 bridgehead atoms. The number of aromatic nitrogens is 2. The summed E-state index contributed by atoms with van der Waals surface area (Å²) >= 11 is 0. The summed E-state index contributed by atoms with van der Waals surface area (Å²) in [5, 5.41) is 24.0. The van der Waals surface area contributed by atoms with Gasteiger partial charge < -0.3 is 20.1 Å². The van der Waals surface area contributed by atoms with Crippen LogP contribution in [0.25, 0.3) is 11.0 Å². The Balaban J connectivity index is 1.63. The lowest BCUT2D eigenvalue weighted by Crippen LogP contribution is -2.25. The molecule has 2 aliphatic rings. The van der Waals surface area contributed by atoms with Crippen LogP contribution in [-0.4, -0.2) is 37.9 Å². The van der Waals surface area contributed by atoms with E-state index < -0.39 is 11.9 Å². The first-order valence-corrected chi connectivity index (χ1v) is 11.8. The first kappa shape index (κ1) is 21.0. The van der Waals surface area contributed by atoms with Crippen LogP contribution in [0.3, 0.4) is 0 Å². The smallest absolute Gasteiger partial charge is 0.311 e. The van der Waals surface area contributed by atoms with Gasteiger partial charge in [0.05, 0.1) is 23.1 Å². The minimum absolute atomic E-state index is 0.137. The molecular weight excluding hydrogens is 402 g/mol. The van der Waals surface area contributed by atoms with E-state index in [0.29, 0.717) is 18.9 Å². The topological polar surface area (TPSA) is 87.4 Å². The number of nitrogens with one attached hydrogen (secondary N) is 1. The number of carboxylic acid groups (broad SMARTS) is 1. The van der Waals surface area contributed by atoms with Crippen molar-refractivity contribution in [3.63, 3.8) is 0 Å². The fourth-order valence-corrected chi connectivity index (χ4v) is 5.49. The van der Waals surface area contributed by atoms with Crippen molar-refractivity contribution in [3.8, 4) is 0 Å². The molecule has 4 atom stereocenters. The van der Waals surface area contributed by atoms with Gasteiger partial charge in [0.1, 0.15) is 5.82 Å². The van der Waals surface area contributed by atoms with Crippen molar-refractivity contribution >= 4 is 22.7 Å². The Morgan fingerprint density at radius 2 is 2.00 bits per heavy atom. The Morgan fingerprint density at radius 3 is 2.75 bits per heavy atom. The van der Waals surface area contributed by atoms with E-state index in [1.54, 1.807) is 0 Å². The third-order valence-electron chi connectivity index (χ3n) is 7.14. The summed E-state index contributed by atoms with van der Waals surface area (Å²) < 4.78 is 2.24. The zero-order valence-corrected chi connectivity index (χ0v) is 18.5. The van der Waals surface area contributed by atoms with Crippen LogP contribution in [0.1, 0.15) is 67.9 Å². The van der Waals surface area contributed by atoms with Crippen LogP contribution < -0.4 is 5.32 Å². The van der Waals surface area contributed by atoms with Crippen LogP contribution in [0.5, 0.6) is 0 Å². The van der Waals surface area contributed by atoms with Crippen molar-refractivity contribution in [2.24, 2.45) is 0 Å². The highest BCUT2D eigenvalue weighted by molar-refractivity contribution is 5.86. The quantitative estimate of drug-likeness (QED) is 0.544. The van der Waals surface area contributed by atoms with E-state index in [1.165, 1.54) is 5.56 Å². The highest BCUT2D eigenvalue weighted by atomic mass is 16.4. The van der Waals surface area contributed by atoms with Crippen LogP contribution in [0.15, 0.2) is 42.5 Å². The molecule has 2 heterocycles. The molecule has 3 aromatic rings. The number of benzene rings is 2. The molecule has 2 aromatic carbocycles. The summed E-state index contributed by atoms with van der Waals surface area (Å²) in [5.41, 5.74) is 5.19. The maximum absolute atomic E-state index is 12.2. The zero-order chi connectivity index (χ0) is 22.2. The van der Waals surface area contributed by atoms with Gasteiger partial charge in [0.25, 0.3) is 0 Å². The fourth-order valence-electron chi connectivity index (χ4n) is 5.49. The molecule has 1 fully saturated rings. The van der Waals surface area contributed by atoms with E-state index in [9.17, 15) is 15.0 Å². The third kappa shape index (κ3) is 3.88. The van der Waals surface area contributed by atoms with Crippen molar-refractivity contribution in [1.29, 1.82) is 0 Å². The van der Waals surface area contributed by atoms with Crippen molar-refractivity contribution in [3.05, 3.63) is 59.4 Å². The fraction of sp³-hybridized carbons (Fsp3) is 0.462. The number of carbonyl (C=O) groups is 1. The Kier molecular flexibility index (Phi) is 5.64. The molecule has 1 unspecified atom stereocenters. The number of carboxylic acids is 1. The molecule has 6 nitrogen and oxygen atoms in total. The van der Waals surface area contributed by atoms with Crippen LogP contribution >= 0.6 is 0 Å². The average molecular weight is 434 g/mol. The number of hydrogen-bond acceptors (Lipinski definition) is 4. The summed E-state index contributed by atoms with van der Waals surface area (Å²) in [6, 6.07) is 14.3. The number of anilines is 1. The predicted octanol–water partition coefficient (Wildman–Crippen LogP) is 4.67. The third-order valence-corrected chi connectivity index (χ3v) is 7.14. The van der Waals surface area contributed by atoms with Gasteiger partial charge in [-0.3, -0.25) is 4.79 Å². The van der Waals surface area contributed by atoms with Gasteiger partial charge in [-0.15, -0.1) is 0 Å². The van der Waals surface area contributed by atoms with Gasteiger partial charge in [-0.1, -0.05) is 30.3 Å². The summed E-state index contributed by atoms with van der Waals surface area (Å²) in [4.78, 5) is 17.3. The standard InChI is InChI=1S/C26H31N3O3/c1-16-10-11-20-22(27-16)12-13-23-25(20)28-24(29(23)18-8-5-9-19(30)14-18)15-21(26(31)32)17-6-3-2-4-7-17/h2-4,6-7,12-13,16,18-19,21,27,30H,5,8-11,14-15H2,1H3,(H,31,32)/t16-,18+,19+,21?/m0/s1. The Hall–Kier alpha value is -2.86. The molecule has 32 heavy (non-hydrogen) atoms. The lowest BCUT2D eigenvalue weighted by Gasteiger charge is -2.29. The van der Waals surface area contributed by atoms with Crippen LogP contribution in [0, 0.1) is 0 Å². The second-order valence-corrected chi connectivity index (χ2v) is 9.42. The second-order valence-electron chi connectivity index (χ2n) is 9.42. The van der Waals surface area contributed by atoms with Crippen molar-refractivity contribution in [2.45, 2.75) is 76.0 Å². The molecule has 0 radical (unpaired) electrons. The minimum atomic E-state index is -0.837. The highest BCUT2D eigenvalue weighted by Crippen LogP contribution is 2.38. The van der Waals surface area contributed by atoms with Gasteiger partial charge in [0.2, 0.25) is 0 Å².